The summed E-state index contributed by atoms with van der Waals surface area (Å²) in [6, 6.07) is 17.4. The third-order valence-corrected chi connectivity index (χ3v) is 6.15. The second-order valence-corrected chi connectivity index (χ2v) is 8.72. The van der Waals surface area contributed by atoms with Crippen molar-refractivity contribution in [3.05, 3.63) is 82.2 Å². The minimum Gasteiger partial charge on any atom is -0.494 e. The van der Waals surface area contributed by atoms with Gasteiger partial charge in [0, 0.05) is 21.8 Å². The number of aryl methyl sites for hydroxylation is 1. The number of nitrogens with zero attached hydrogens (tertiary/aromatic N) is 4. The molecule has 0 aliphatic rings. The second-order valence-electron chi connectivity index (χ2n) is 7.84. The fourth-order valence-corrected chi connectivity index (χ4v) is 4.32. The Kier molecular flexibility index (Phi) is 5.74. The number of nitrogens with one attached hydrogen (secondary N) is 1. The third-order valence-electron chi connectivity index (χ3n) is 5.66. The van der Waals surface area contributed by atoms with E-state index in [9.17, 15) is 0 Å². The van der Waals surface area contributed by atoms with E-state index in [2.05, 4.69) is 20.6 Å². The maximum atomic E-state index is 9.09. The van der Waals surface area contributed by atoms with Crippen LogP contribution in [0.2, 0.25) is 10.0 Å². The number of hydrogen-bond acceptors (Lipinski definition) is 4. The molecular formula is C26H19Cl2N5O. The van der Waals surface area contributed by atoms with Crippen LogP contribution in [0.1, 0.15) is 11.3 Å². The number of H-pyrrole nitrogens is 1. The van der Waals surface area contributed by atoms with Crippen molar-refractivity contribution in [2.24, 2.45) is 0 Å². The van der Waals surface area contributed by atoms with Gasteiger partial charge in [-0.05, 0) is 42.8 Å². The van der Waals surface area contributed by atoms with Crippen LogP contribution in [0, 0.1) is 18.3 Å². The van der Waals surface area contributed by atoms with Crippen LogP contribution in [0.25, 0.3) is 39.4 Å². The van der Waals surface area contributed by atoms with Gasteiger partial charge in [0.1, 0.15) is 17.1 Å². The maximum absolute atomic E-state index is 9.09. The summed E-state index contributed by atoms with van der Waals surface area (Å²) in [6.07, 6.45) is 3.83. The molecule has 0 aliphatic heterocycles. The summed E-state index contributed by atoms with van der Waals surface area (Å²) in [7, 11) is 1.59. The van der Waals surface area contributed by atoms with E-state index in [0.717, 1.165) is 39.1 Å². The van der Waals surface area contributed by atoms with Gasteiger partial charge in [0.05, 0.1) is 54.0 Å². The molecule has 0 unspecified atom stereocenters. The standard InChI is InChI=1S/C26H19Cl2N5O/c1-15-3-6-18(28)11-22(15)33-14-21-24(25(33)16-4-7-17(27)8-5-16)32-26(31-21)20-12-19(9-10-29)30-13-23(20)34-2/h3-8,11-14H,9H2,1-2H3,(H,31,32). The van der Waals surface area contributed by atoms with Crippen molar-refractivity contribution in [3.63, 3.8) is 0 Å². The Balaban J connectivity index is 1.76. The van der Waals surface area contributed by atoms with E-state index >= 15 is 0 Å². The molecule has 5 rings (SSSR count). The number of fused-ring (bicyclic) bond motifs is 1. The summed E-state index contributed by atoms with van der Waals surface area (Å²) >= 11 is 12.5. The molecule has 3 heterocycles. The molecule has 1 N–H and O–H groups in total. The number of methoxy groups -OCH3 is 1. The van der Waals surface area contributed by atoms with Gasteiger partial charge >= 0.3 is 0 Å². The van der Waals surface area contributed by atoms with E-state index in [0.29, 0.717) is 27.3 Å². The summed E-state index contributed by atoms with van der Waals surface area (Å²) < 4.78 is 7.61. The van der Waals surface area contributed by atoms with E-state index in [1.165, 1.54) is 0 Å². The lowest BCUT2D eigenvalue weighted by atomic mass is 10.1. The zero-order valence-corrected chi connectivity index (χ0v) is 19.9. The van der Waals surface area contributed by atoms with Crippen molar-refractivity contribution in [1.82, 2.24) is 19.5 Å². The predicted molar refractivity (Wildman–Crippen MR) is 135 cm³/mol. The Hall–Kier alpha value is -3.79. The molecule has 34 heavy (non-hydrogen) atoms. The fourth-order valence-electron chi connectivity index (χ4n) is 4.02. The van der Waals surface area contributed by atoms with E-state index in [4.69, 9.17) is 38.2 Å². The molecule has 6 nitrogen and oxygen atoms in total. The number of imidazole rings is 1. The molecule has 0 aliphatic carbocycles. The minimum absolute atomic E-state index is 0.202. The number of rotatable bonds is 5. The van der Waals surface area contributed by atoms with E-state index in [-0.39, 0.29) is 6.42 Å². The van der Waals surface area contributed by atoms with Crippen molar-refractivity contribution < 1.29 is 4.74 Å². The van der Waals surface area contributed by atoms with Crippen LogP contribution in [0.3, 0.4) is 0 Å². The molecular weight excluding hydrogens is 469 g/mol. The average Bonchev–Trinajstić information content (AvgIpc) is 3.39. The molecule has 0 atom stereocenters. The number of pyridine rings is 1. The SMILES string of the molecule is COc1cnc(CC#N)cc1-c1nc2c(-c3ccc(Cl)cc3)n(-c3cc(Cl)ccc3C)cc2[nH]1. The summed E-state index contributed by atoms with van der Waals surface area (Å²) in [5, 5.41) is 10.4. The summed E-state index contributed by atoms with van der Waals surface area (Å²) in [6.45, 7) is 2.04. The van der Waals surface area contributed by atoms with Crippen LogP contribution in [0.15, 0.2) is 60.9 Å². The number of hydrogen-bond donors (Lipinski definition) is 1. The second kappa shape index (κ2) is 8.86. The first-order chi connectivity index (χ1) is 16.5. The Bertz CT molecular complexity index is 1560. The predicted octanol–water partition coefficient (Wildman–Crippen LogP) is 6.77. The topological polar surface area (TPSA) is 79.5 Å². The van der Waals surface area contributed by atoms with E-state index < -0.39 is 0 Å². The van der Waals surface area contributed by atoms with Crippen LogP contribution in [-0.4, -0.2) is 26.6 Å². The Morgan fingerprint density at radius 2 is 1.85 bits per heavy atom. The van der Waals surface area contributed by atoms with E-state index in [1.807, 2.05) is 61.7 Å². The van der Waals surface area contributed by atoms with Gasteiger partial charge < -0.3 is 14.3 Å². The number of benzene rings is 2. The highest BCUT2D eigenvalue weighted by Crippen LogP contribution is 2.37. The van der Waals surface area contributed by atoms with Gasteiger partial charge in [0.2, 0.25) is 0 Å². The van der Waals surface area contributed by atoms with Crippen molar-refractivity contribution in [2.45, 2.75) is 13.3 Å². The first kappa shape index (κ1) is 22.0. The molecule has 0 saturated heterocycles. The smallest absolute Gasteiger partial charge is 0.148 e. The summed E-state index contributed by atoms with van der Waals surface area (Å²) in [5.74, 6) is 1.21. The largest absolute Gasteiger partial charge is 0.494 e. The number of nitriles is 1. The molecule has 0 saturated carbocycles. The first-order valence-electron chi connectivity index (χ1n) is 10.5. The van der Waals surface area contributed by atoms with Crippen molar-refractivity contribution in [1.29, 1.82) is 5.26 Å². The lowest BCUT2D eigenvalue weighted by molar-refractivity contribution is 0.414. The number of aromatic nitrogens is 4. The molecule has 168 valence electrons. The lowest BCUT2D eigenvalue weighted by Crippen LogP contribution is -1.99. The monoisotopic (exact) mass is 487 g/mol. The zero-order valence-electron chi connectivity index (χ0n) is 18.4. The minimum atomic E-state index is 0.202. The molecule has 0 bridgehead atoms. The van der Waals surface area contributed by atoms with Gasteiger partial charge in [0.15, 0.2) is 0 Å². The molecule has 3 aromatic heterocycles. The van der Waals surface area contributed by atoms with Gasteiger partial charge in [-0.15, -0.1) is 0 Å². The summed E-state index contributed by atoms with van der Waals surface area (Å²) in [4.78, 5) is 12.7. The van der Waals surface area contributed by atoms with Gasteiger partial charge in [-0.3, -0.25) is 4.98 Å². The molecule has 0 spiro atoms. The first-order valence-corrected chi connectivity index (χ1v) is 11.3. The van der Waals surface area contributed by atoms with Crippen LogP contribution in [-0.2, 0) is 6.42 Å². The third kappa shape index (κ3) is 3.90. The molecule has 0 fully saturated rings. The number of ether oxygens (including phenoxy) is 1. The van der Waals surface area contributed by atoms with Crippen LogP contribution in [0.5, 0.6) is 5.75 Å². The Morgan fingerprint density at radius 3 is 2.59 bits per heavy atom. The normalized spacial score (nSPS) is 11.0. The molecule has 8 heteroatoms. The molecule has 0 radical (unpaired) electrons. The number of halogens is 2. The molecule has 5 aromatic rings. The van der Waals surface area contributed by atoms with Crippen molar-refractivity contribution in [2.75, 3.05) is 7.11 Å². The van der Waals surface area contributed by atoms with Crippen LogP contribution in [0.4, 0.5) is 0 Å². The highest BCUT2D eigenvalue weighted by molar-refractivity contribution is 6.31. The average molecular weight is 488 g/mol. The maximum Gasteiger partial charge on any atom is 0.148 e. The van der Waals surface area contributed by atoms with Gasteiger partial charge in [-0.25, -0.2) is 4.98 Å². The van der Waals surface area contributed by atoms with Gasteiger partial charge in [-0.1, -0.05) is 41.4 Å². The van der Waals surface area contributed by atoms with E-state index in [1.54, 1.807) is 13.3 Å². The van der Waals surface area contributed by atoms with Gasteiger partial charge in [0.25, 0.3) is 0 Å². The highest BCUT2D eigenvalue weighted by Gasteiger charge is 2.20. The quantitative estimate of drug-likeness (QED) is 0.296. The molecule has 0 amide bonds. The highest BCUT2D eigenvalue weighted by atomic mass is 35.5. The van der Waals surface area contributed by atoms with Crippen molar-refractivity contribution in [3.8, 4) is 40.2 Å². The Morgan fingerprint density at radius 1 is 1.09 bits per heavy atom. The zero-order chi connectivity index (χ0) is 23.8. The van der Waals surface area contributed by atoms with Gasteiger partial charge in [-0.2, -0.15) is 5.26 Å². The summed E-state index contributed by atoms with van der Waals surface area (Å²) in [5.41, 5.74) is 6.94. The van der Waals surface area contributed by atoms with Crippen molar-refractivity contribution >= 4 is 34.2 Å². The van der Waals surface area contributed by atoms with Crippen LogP contribution < -0.4 is 4.74 Å². The molecule has 2 aromatic carbocycles. The Labute approximate surface area is 206 Å². The lowest BCUT2D eigenvalue weighted by Gasteiger charge is -2.13. The fraction of sp³-hybridized carbons (Fsp3) is 0.115. The number of aromatic amines is 1. The van der Waals surface area contributed by atoms with Crippen LogP contribution >= 0.6 is 23.2 Å².